The molecule has 0 spiro atoms. The van der Waals surface area contributed by atoms with Gasteiger partial charge < -0.3 is 14.5 Å². The van der Waals surface area contributed by atoms with Crippen LogP contribution >= 0.6 is 11.3 Å². The highest BCUT2D eigenvalue weighted by Gasteiger charge is 2.46. The molecule has 0 radical (unpaired) electrons. The summed E-state index contributed by atoms with van der Waals surface area (Å²) in [5.74, 6) is -0.303. The summed E-state index contributed by atoms with van der Waals surface area (Å²) in [6.07, 6.45) is 1.66. The van der Waals surface area contributed by atoms with E-state index in [4.69, 9.17) is 4.74 Å². The summed E-state index contributed by atoms with van der Waals surface area (Å²) in [6.45, 7) is 0.808. The molecule has 0 unspecified atom stereocenters. The van der Waals surface area contributed by atoms with E-state index < -0.39 is 5.60 Å². The van der Waals surface area contributed by atoms with Crippen LogP contribution in [0, 0.1) is 0 Å². The number of amides is 2. The van der Waals surface area contributed by atoms with Crippen molar-refractivity contribution in [2.45, 2.75) is 12.0 Å². The number of carbonyl (C=O) groups excluding carboxylic acids is 2. The largest absolute Gasteiger partial charge is 0.361 e. The molecule has 3 heterocycles. The number of morpholine rings is 1. The minimum absolute atomic E-state index is 0.149. The van der Waals surface area contributed by atoms with Gasteiger partial charge in [-0.05, 0) is 22.6 Å². The van der Waals surface area contributed by atoms with Crippen LogP contribution in [0.25, 0.3) is 10.4 Å². The van der Waals surface area contributed by atoms with Gasteiger partial charge in [0.05, 0.1) is 13.2 Å². The number of nitrogens with zero attached hydrogens (tertiary/aromatic N) is 4. The topological polar surface area (TPSA) is 91.4 Å². The Morgan fingerprint density at radius 1 is 1.27 bits per heavy atom. The third-order valence-electron chi connectivity index (χ3n) is 5.14. The van der Waals surface area contributed by atoms with Gasteiger partial charge in [-0.3, -0.25) is 14.7 Å². The normalized spacial score (nSPS) is 18.9. The molecule has 4 rings (SSSR count). The first-order valence-corrected chi connectivity index (χ1v) is 10.5. The lowest BCUT2D eigenvalue weighted by Crippen LogP contribution is -2.61. The van der Waals surface area contributed by atoms with Crippen molar-refractivity contribution in [3.63, 3.8) is 0 Å². The maximum Gasteiger partial charge on any atom is 0.291 e. The average Bonchev–Trinajstić information content (AvgIpc) is 3.47. The van der Waals surface area contributed by atoms with Crippen LogP contribution in [-0.4, -0.2) is 76.2 Å². The lowest BCUT2D eigenvalue weighted by atomic mass is 9.90. The molecule has 9 heteroatoms. The van der Waals surface area contributed by atoms with E-state index in [1.54, 1.807) is 30.3 Å². The van der Waals surface area contributed by atoms with Crippen molar-refractivity contribution in [2.24, 2.45) is 0 Å². The molecule has 8 nitrogen and oxygen atoms in total. The maximum atomic E-state index is 13.2. The molecule has 30 heavy (non-hydrogen) atoms. The number of rotatable bonds is 5. The Morgan fingerprint density at radius 3 is 2.70 bits per heavy atom. The zero-order valence-corrected chi connectivity index (χ0v) is 17.7. The number of likely N-dealkylation sites (N-methyl/N-ethyl adjacent to an activating group) is 1. The Kier molecular flexibility index (Phi) is 5.65. The second-order valence-electron chi connectivity index (χ2n) is 7.45. The van der Waals surface area contributed by atoms with Crippen LogP contribution in [0.2, 0.25) is 0 Å². The van der Waals surface area contributed by atoms with Crippen LogP contribution in [0.3, 0.4) is 0 Å². The summed E-state index contributed by atoms with van der Waals surface area (Å²) in [6, 6.07) is 12.2. The highest BCUT2D eigenvalue weighted by molar-refractivity contribution is 7.13. The van der Waals surface area contributed by atoms with Crippen molar-refractivity contribution < 1.29 is 14.3 Å². The Labute approximate surface area is 178 Å². The molecular weight excluding hydrogens is 402 g/mol. The third-order valence-corrected chi connectivity index (χ3v) is 6.05. The Morgan fingerprint density at radius 2 is 2.07 bits per heavy atom. The molecule has 1 aromatic carbocycles. The van der Waals surface area contributed by atoms with Gasteiger partial charge in [0.15, 0.2) is 5.60 Å². The molecule has 156 valence electrons. The fourth-order valence-electron chi connectivity index (χ4n) is 3.69. The standard InChI is InChI=1S/C21H23N5O3S/c1-25(2)20(28)21(12-15-5-7-16(8-6-15)17-4-3-11-30-17)13-26(9-10-29-21)19(27)18-22-14-23-24-18/h3-8,11,14H,9-10,12-13H2,1-2H3,(H,22,23,24)/t21-/m0/s1. The first-order chi connectivity index (χ1) is 14.5. The number of aromatic nitrogens is 3. The van der Waals surface area contributed by atoms with E-state index in [1.807, 2.05) is 23.6 Å². The van der Waals surface area contributed by atoms with Gasteiger partial charge in [-0.2, -0.15) is 5.10 Å². The molecule has 0 bridgehead atoms. The molecule has 1 N–H and O–H groups in total. The van der Waals surface area contributed by atoms with E-state index >= 15 is 0 Å². The summed E-state index contributed by atoms with van der Waals surface area (Å²) >= 11 is 1.68. The smallest absolute Gasteiger partial charge is 0.291 e. The predicted octanol–water partition coefficient (Wildman–Crippen LogP) is 2.08. The van der Waals surface area contributed by atoms with Gasteiger partial charge in [0.1, 0.15) is 6.33 Å². The molecule has 3 aromatic rings. The Balaban J connectivity index is 1.59. The fourth-order valence-corrected chi connectivity index (χ4v) is 4.43. The fraction of sp³-hybridized carbons (Fsp3) is 0.333. The van der Waals surface area contributed by atoms with Crippen LogP contribution in [0.1, 0.15) is 16.2 Å². The number of carbonyl (C=O) groups is 2. The summed E-state index contributed by atoms with van der Waals surface area (Å²) in [4.78, 5) is 34.2. The van der Waals surface area contributed by atoms with Crippen molar-refractivity contribution in [2.75, 3.05) is 33.8 Å². The minimum Gasteiger partial charge on any atom is -0.361 e. The molecule has 1 aliphatic rings. The number of H-pyrrole nitrogens is 1. The highest BCUT2D eigenvalue weighted by atomic mass is 32.1. The number of hydrogen-bond acceptors (Lipinski definition) is 6. The molecule has 1 atom stereocenters. The quantitative estimate of drug-likeness (QED) is 0.676. The van der Waals surface area contributed by atoms with Crippen molar-refractivity contribution in [3.8, 4) is 10.4 Å². The van der Waals surface area contributed by atoms with E-state index in [-0.39, 0.29) is 30.8 Å². The van der Waals surface area contributed by atoms with Crippen molar-refractivity contribution in [1.29, 1.82) is 0 Å². The van der Waals surface area contributed by atoms with Crippen LogP contribution < -0.4 is 0 Å². The van der Waals surface area contributed by atoms with Crippen LogP contribution in [-0.2, 0) is 16.0 Å². The van der Waals surface area contributed by atoms with Crippen molar-refractivity contribution >= 4 is 23.2 Å². The lowest BCUT2D eigenvalue weighted by molar-refractivity contribution is -0.165. The molecule has 0 aliphatic carbocycles. The molecule has 1 aliphatic heterocycles. The monoisotopic (exact) mass is 425 g/mol. The van der Waals surface area contributed by atoms with Gasteiger partial charge in [0.2, 0.25) is 5.82 Å². The van der Waals surface area contributed by atoms with Gasteiger partial charge in [-0.25, -0.2) is 4.98 Å². The number of thiophene rings is 1. The second kappa shape index (κ2) is 8.37. The first kappa shape index (κ1) is 20.2. The van der Waals surface area contributed by atoms with E-state index in [2.05, 4.69) is 33.4 Å². The SMILES string of the molecule is CN(C)C(=O)[C@]1(Cc2ccc(-c3cccs3)cc2)CN(C(=O)c2ncn[nH]2)CCO1. The number of nitrogens with one attached hydrogen (secondary N) is 1. The lowest BCUT2D eigenvalue weighted by Gasteiger charge is -2.42. The molecule has 1 saturated heterocycles. The number of ether oxygens (including phenoxy) is 1. The Hall–Kier alpha value is -3.04. The number of benzene rings is 1. The molecule has 0 saturated carbocycles. The van der Waals surface area contributed by atoms with Gasteiger partial charge in [0.25, 0.3) is 11.8 Å². The zero-order valence-electron chi connectivity index (χ0n) is 16.9. The van der Waals surface area contributed by atoms with Crippen LogP contribution in [0.15, 0.2) is 48.1 Å². The summed E-state index contributed by atoms with van der Waals surface area (Å²) in [5.41, 5.74) is 0.954. The summed E-state index contributed by atoms with van der Waals surface area (Å²) in [7, 11) is 3.40. The highest BCUT2D eigenvalue weighted by Crippen LogP contribution is 2.29. The van der Waals surface area contributed by atoms with Crippen molar-refractivity contribution in [3.05, 3.63) is 59.5 Å². The van der Waals surface area contributed by atoms with Gasteiger partial charge >= 0.3 is 0 Å². The summed E-state index contributed by atoms with van der Waals surface area (Å²) < 4.78 is 6.06. The molecule has 2 aromatic heterocycles. The van der Waals surface area contributed by atoms with Crippen LogP contribution in [0.5, 0.6) is 0 Å². The van der Waals surface area contributed by atoms with E-state index in [0.717, 1.165) is 11.1 Å². The first-order valence-electron chi connectivity index (χ1n) is 9.62. The van der Waals surface area contributed by atoms with Crippen LogP contribution in [0.4, 0.5) is 0 Å². The predicted molar refractivity (Wildman–Crippen MR) is 113 cm³/mol. The van der Waals surface area contributed by atoms with Gasteiger partial charge in [-0.1, -0.05) is 30.3 Å². The summed E-state index contributed by atoms with van der Waals surface area (Å²) in [5, 5.41) is 8.39. The molecule has 1 fully saturated rings. The number of hydrogen-bond donors (Lipinski definition) is 1. The van der Waals surface area contributed by atoms with Crippen molar-refractivity contribution in [1.82, 2.24) is 25.0 Å². The van der Waals surface area contributed by atoms with Gasteiger partial charge in [-0.15, -0.1) is 11.3 Å². The molecular formula is C21H23N5O3S. The second-order valence-corrected chi connectivity index (χ2v) is 8.40. The van der Waals surface area contributed by atoms with E-state index in [9.17, 15) is 9.59 Å². The maximum absolute atomic E-state index is 13.2. The zero-order chi connectivity index (χ0) is 21.1. The van der Waals surface area contributed by atoms with E-state index in [0.29, 0.717) is 13.0 Å². The van der Waals surface area contributed by atoms with Gasteiger partial charge in [0, 0.05) is 31.9 Å². The Bertz CT molecular complexity index is 1000. The third kappa shape index (κ3) is 3.99. The molecule has 2 amide bonds. The average molecular weight is 426 g/mol. The number of aromatic amines is 1. The van der Waals surface area contributed by atoms with E-state index in [1.165, 1.54) is 16.1 Å². The minimum atomic E-state index is -1.15.